The molecule has 0 saturated carbocycles. The summed E-state index contributed by atoms with van der Waals surface area (Å²) in [5, 5.41) is 2.90. The molecule has 0 spiro atoms. The highest BCUT2D eigenvalue weighted by atomic mass is 16.2. The lowest BCUT2D eigenvalue weighted by Crippen LogP contribution is -2.33. The largest absolute Gasteiger partial charge is 0.356 e. The van der Waals surface area contributed by atoms with Crippen molar-refractivity contribution in [1.29, 1.82) is 0 Å². The van der Waals surface area contributed by atoms with E-state index in [4.69, 9.17) is 0 Å². The molecule has 0 aromatic rings. The van der Waals surface area contributed by atoms with Gasteiger partial charge < -0.3 is 10.2 Å². The van der Waals surface area contributed by atoms with Gasteiger partial charge in [-0.2, -0.15) is 0 Å². The molecule has 17 heavy (non-hydrogen) atoms. The number of rotatable bonds is 7. The van der Waals surface area contributed by atoms with Gasteiger partial charge in [0.05, 0.1) is 5.92 Å². The first kappa shape index (κ1) is 14.0. The van der Waals surface area contributed by atoms with Crippen LogP contribution in [0, 0.1) is 5.92 Å². The fourth-order valence-corrected chi connectivity index (χ4v) is 2.05. The standard InChI is InChI=1S/C13H24N2O2/c1-3-5-7-14-13(17)11-9-12(16)15(10-11)8-6-4-2/h11H,3-10H2,1-2H3,(H,14,17). The number of carbonyl (C=O) groups is 2. The lowest BCUT2D eigenvalue weighted by Gasteiger charge is -2.15. The zero-order valence-electron chi connectivity index (χ0n) is 11.0. The van der Waals surface area contributed by atoms with Gasteiger partial charge in [0, 0.05) is 26.1 Å². The molecule has 1 aliphatic rings. The first-order chi connectivity index (χ1) is 8.19. The van der Waals surface area contributed by atoms with Gasteiger partial charge in [0.2, 0.25) is 11.8 Å². The molecule has 4 nitrogen and oxygen atoms in total. The summed E-state index contributed by atoms with van der Waals surface area (Å²) < 4.78 is 0. The number of likely N-dealkylation sites (tertiary alicyclic amines) is 1. The van der Waals surface area contributed by atoms with Crippen LogP contribution in [0.15, 0.2) is 0 Å². The van der Waals surface area contributed by atoms with Crippen LogP contribution in [-0.2, 0) is 9.59 Å². The molecule has 1 unspecified atom stereocenters. The van der Waals surface area contributed by atoms with Crippen molar-refractivity contribution in [3.8, 4) is 0 Å². The molecule has 2 amide bonds. The normalized spacial score (nSPS) is 19.8. The molecule has 0 aromatic carbocycles. The van der Waals surface area contributed by atoms with E-state index in [0.717, 1.165) is 38.8 Å². The maximum Gasteiger partial charge on any atom is 0.225 e. The third-order valence-electron chi connectivity index (χ3n) is 3.20. The van der Waals surface area contributed by atoms with E-state index >= 15 is 0 Å². The predicted molar refractivity (Wildman–Crippen MR) is 67.5 cm³/mol. The van der Waals surface area contributed by atoms with Gasteiger partial charge in [0.25, 0.3) is 0 Å². The molecule has 0 bridgehead atoms. The summed E-state index contributed by atoms with van der Waals surface area (Å²) in [6.07, 6.45) is 4.58. The molecule has 4 heteroatoms. The molecular weight excluding hydrogens is 216 g/mol. The van der Waals surface area contributed by atoms with Gasteiger partial charge in [-0.3, -0.25) is 9.59 Å². The van der Waals surface area contributed by atoms with E-state index in [1.54, 1.807) is 0 Å². The molecule has 1 saturated heterocycles. The molecule has 0 aromatic heterocycles. The number of hydrogen-bond donors (Lipinski definition) is 1. The maximum absolute atomic E-state index is 11.8. The molecule has 1 heterocycles. The van der Waals surface area contributed by atoms with E-state index in [2.05, 4.69) is 19.2 Å². The molecular formula is C13H24N2O2. The SMILES string of the molecule is CCCCNC(=O)C1CC(=O)N(CCCC)C1. The third-order valence-corrected chi connectivity index (χ3v) is 3.20. The lowest BCUT2D eigenvalue weighted by atomic mass is 10.1. The molecule has 98 valence electrons. The molecule has 1 aliphatic heterocycles. The highest BCUT2D eigenvalue weighted by Crippen LogP contribution is 2.18. The van der Waals surface area contributed by atoms with Gasteiger partial charge in [-0.15, -0.1) is 0 Å². The van der Waals surface area contributed by atoms with Crippen LogP contribution in [0.25, 0.3) is 0 Å². The number of amides is 2. The van der Waals surface area contributed by atoms with Crippen molar-refractivity contribution in [1.82, 2.24) is 10.2 Å². The topological polar surface area (TPSA) is 49.4 Å². The van der Waals surface area contributed by atoms with Crippen LogP contribution >= 0.6 is 0 Å². The van der Waals surface area contributed by atoms with Crippen molar-refractivity contribution in [2.75, 3.05) is 19.6 Å². The molecule has 0 aliphatic carbocycles. The van der Waals surface area contributed by atoms with E-state index in [1.165, 1.54) is 0 Å². The monoisotopic (exact) mass is 240 g/mol. The highest BCUT2D eigenvalue weighted by Gasteiger charge is 2.33. The zero-order chi connectivity index (χ0) is 12.7. The van der Waals surface area contributed by atoms with Crippen molar-refractivity contribution in [3.63, 3.8) is 0 Å². The minimum absolute atomic E-state index is 0.0470. The van der Waals surface area contributed by atoms with Crippen LogP contribution in [0.1, 0.15) is 46.0 Å². The van der Waals surface area contributed by atoms with Crippen LogP contribution in [0.3, 0.4) is 0 Å². The van der Waals surface area contributed by atoms with Gasteiger partial charge in [0.15, 0.2) is 0 Å². The second-order valence-corrected chi connectivity index (χ2v) is 4.74. The zero-order valence-corrected chi connectivity index (χ0v) is 11.0. The van der Waals surface area contributed by atoms with E-state index in [1.807, 2.05) is 4.90 Å². The van der Waals surface area contributed by atoms with Crippen LogP contribution in [0.2, 0.25) is 0 Å². The first-order valence-electron chi connectivity index (χ1n) is 6.74. The van der Waals surface area contributed by atoms with Gasteiger partial charge >= 0.3 is 0 Å². The Morgan fingerprint density at radius 1 is 1.35 bits per heavy atom. The van der Waals surface area contributed by atoms with Gasteiger partial charge in [-0.05, 0) is 12.8 Å². The van der Waals surface area contributed by atoms with Gasteiger partial charge in [-0.1, -0.05) is 26.7 Å². The Kier molecular flexibility index (Phi) is 6.01. The van der Waals surface area contributed by atoms with Gasteiger partial charge in [-0.25, -0.2) is 0 Å². The van der Waals surface area contributed by atoms with Crippen molar-refractivity contribution in [2.24, 2.45) is 5.92 Å². The molecule has 1 rings (SSSR count). The van der Waals surface area contributed by atoms with Crippen molar-refractivity contribution in [2.45, 2.75) is 46.0 Å². The number of nitrogens with zero attached hydrogens (tertiary/aromatic N) is 1. The summed E-state index contributed by atoms with van der Waals surface area (Å²) in [5.74, 6) is 0.0519. The Morgan fingerprint density at radius 2 is 2.06 bits per heavy atom. The van der Waals surface area contributed by atoms with E-state index in [-0.39, 0.29) is 17.7 Å². The second kappa shape index (κ2) is 7.30. The Hall–Kier alpha value is -1.06. The predicted octanol–water partition coefficient (Wildman–Crippen LogP) is 1.55. The van der Waals surface area contributed by atoms with Crippen molar-refractivity contribution < 1.29 is 9.59 Å². The number of nitrogens with one attached hydrogen (secondary N) is 1. The summed E-state index contributed by atoms with van der Waals surface area (Å²) in [6, 6.07) is 0. The minimum Gasteiger partial charge on any atom is -0.356 e. The lowest BCUT2D eigenvalue weighted by molar-refractivity contribution is -0.129. The molecule has 1 fully saturated rings. The average Bonchev–Trinajstić information content (AvgIpc) is 2.68. The summed E-state index contributed by atoms with van der Waals surface area (Å²) in [4.78, 5) is 25.3. The Morgan fingerprint density at radius 3 is 2.71 bits per heavy atom. The molecule has 0 radical (unpaired) electrons. The Balaban J connectivity index is 2.31. The number of hydrogen-bond acceptors (Lipinski definition) is 2. The van der Waals surface area contributed by atoms with E-state index < -0.39 is 0 Å². The summed E-state index contributed by atoms with van der Waals surface area (Å²) in [6.45, 7) is 6.34. The van der Waals surface area contributed by atoms with Crippen molar-refractivity contribution in [3.05, 3.63) is 0 Å². The third kappa shape index (κ3) is 4.36. The van der Waals surface area contributed by atoms with E-state index in [9.17, 15) is 9.59 Å². The maximum atomic E-state index is 11.8. The Labute approximate surface area is 104 Å². The number of carbonyl (C=O) groups excluding carboxylic acids is 2. The average molecular weight is 240 g/mol. The summed E-state index contributed by atoms with van der Waals surface area (Å²) in [5.41, 5.74) is 0. The smallest absolute Gasteiger partial charge is 0.225 e. The second-order valence-electron chi connectivity index (χ2n) is 4.74. The van der Waals surface area contributed by atoms with E-state index in [0.29, 0.717) is 13.0 Å². The highest BCUT2D eigenvalue weighted by molar-refractivity contribution is 5.89. The minimum atomic E-state index is -0.129. The summed E-state index contributed by atoms with van der Waals surface area (Å²) >= 11 is 0. The van der Waals surface area contributed by atoms with Crippen LogP contribution < -0.4 is 5.32 Å². The van der Waals surface area contributed by atoms with Gasteiger partial charge in [0.1, 0.15) is 0 Å². The fourth-order valence-electron chi connectivity index (χ4n) is 2.05. The molecule has 1 atom stereocenters. The Bertz CT molecular complexity index is 266. The summed E-state index contributed by atoms with van der Waals surface area (Å²) in [7, 11) is 0. The first-order valence-corrected chi connectivity index (χ1v) is 6.74. The number of unbranched alkanes of at least 4 members (excludes halogenated alkanes) is 2. The van der Waals surface area contributed by atoms with Crippen LogP contribution in [-0.4, -0.2) is 36.3 Å². The van der Waals surface area contributed by atoms with Crippen molar-refractivity contribution >= 4 is 11.8 Å². The fraction of sp³-hybridized carbons (Fsp3) is 0.846. The molecule has 1 N–H and O–H groups in total. The van der Waals surface area contributed by atoms with Crippen LogP contribution in [0.5, 0.6) is 0 Å². The quantitative estimate of drug-likeness (QED) is 0.686. The van der Waals surface area contributed by atoms with Crippen LogP contribution in [0.4, 0.5) is 0 Å².